The molecule has 3 heterocycles. The Kier molecular flexibility index (Phi) is 8.15. The van der Waals surface area contributed by atoms with Crippen molar-refractivity contribution in [3.8, 4) is 0 Å². The van der Waals surface area contributed by atoms with E-state index in [-0.39, 0.29) is 5.69 Å². The Morgan fingerprint density at radius 3 is 2.53 bits per heavy atom. The van der Waals surface area contributed by atoms with Crippen LogP contribution < -0.4 is 5.73 Å². The molecule has 2 aromatic rings. The number of H-pyrrole nitrogens is 1. The van der Waals surface area contributed by atoms with Gasteiger partial charge in [0.25, 0.3) is 10.1 Å². The second-order valence-corrected chi connectivity index (χ2v) is 9.71. The van der Waals surface area contributed by atoms with E-state index in [0.29, 0.717) is 23.3 Å². The average Bonchev–Trinajstić information content (AvgIpc) is 3.37. The zero-order valence-corrected chi connectivity index (χ0v) is 18.6. The van der Waals surface area contributed by atoms with Crippen LogP contribution in [0.1, 0.15) is 80.9 Å². The fourth-order valence-corrected chi connectivity index (χ4v) is 4.43. The van der Waals surface area contributed by atoms with E-state index in [2.05, 4.69) is 32.0 Å². The van der Waals surface area contributed by atoms with Gasteiger partial charge in [-0.1, -0.05) is 26.2 Å². The number of nitrogens with zero attached hydrogens (tertiary/aromatic N) is 4. The van der Waals surface area contributed by atoms with E-state index in [1.165, 1.54) is 45.3 Å². The van der Waals surface area contributed by atoms with E-state index in [0.717, 1.165) is 37.8 Å². The van der Waals surface area contributed by atoms with E-state index >= 15 is 0 Å². The Labute approximate surface area is 178 Å². The minimum absolute atomic E-state index is 0.0815. The second-order valence-electron chi connectivity index (χ2n) is 8.17. The largest absolute Gasteiger partial charge is 0.308 e. The summed E-state index contributed by atoms with van der Waals surface area (Å²) in [6.07, 6.45) is 10.4. The predicted octanol–water partition coefficient (Wildman–Crippen LogP) is 2.74. The van der Waals surface area contributed by atoms with Crippen molar-refractivity contribution in [1.29, 1.82) is 0 Å². The molecule has 0 spiro atoms. The number of hydrogen-bond donors (Lipinski definition) is 3. The molecule has 2 aromatic heterocycles. The Bertz CT molecular complexity index is 924. The highest BCUT2D eigenvalue weighted by Crippen LogP contribution is 2.25. The SMILES string of the molecule is CCCCc1nc(C(N)S(=O)(=O)O)c2[nH]nc(CCCCCCN3CCCC3)c2n1. The van der Waals surface area contributed by atoms with Crippen LogP contribution in [0.5, 0.6) is 0 Å². The lowest BCUT2D eigenvalue weighted by molar-refractivity contribution is 0.328. The third-order valence-electron chi connectivity index (χ3n) is 5.74. The van der Waals surface area contributed by atoms with Gasteiger partial charge in [0, 0.05) is 6.42 Å². The van der Waals surface area contributed by atoms with Crippen molar-refractivity contribution in [2.45, 2.75) is 76.5 Å². The number of fused-ring (bicyclic) bond motifs is 1. The van der Waals surface area contributed by atoms with Gasteiger partial charge in [-0.3, -0.25) is 9.65 Å². The summed E-state index contributed by atoms with van der Waals surface area (Å²) < 4.78 is 32.6. The van der Waals surface area contributed by atoms with Crippen LogP contribution in [0.25, 0.3) is 11.0 Å². The molecule has 4 N–H and O–H groups in total. The lowest BCUT2D eigenvalue weighted by atomic mass is 10.1. The molecule has 1 atom stereocenters. The first kappa shape index (κ1) is 23.1. The van der Waals surface area contributed by atoms with Gasteiger partial charge in [0.2, 0.25) is 0 Å². The highest BCUT2D eigenvalue weighted by Gasteiger charge is 2.27. The molecule has 9 nitrogen and oxygen atoms in total. The molecule has 0 amide bonds. The summed E-state index contributed by atoms with van der Waals surface area (Å²) >= 11 is 0. The topological polar surface area (TPSA) is 138 Å². The fraction of sp³-hybridized carbons (Fsp3) is 0.750. The molecule has 1 unspecified atom stereocenters. The maximum atomic E-state index is 11.6. The van der Waals surface area contributed by atoms with Crippen molar-refractivity contribution in [2.24, 2.45) is 5.73 Å². The molecular weight excluding hydrogens is 404 g/mol. The van der Waals surface area contributed by atoms with E-state index in [9.17, 15) is 13.0 Å². The van der Waals surface area contributed by atoms with Gasteiger partial charge >= 0.3 is 0 Å². The van der Waals surface area contributed by atoms with Crippen molar-refractivity contribution < 1.29 is 13.0 Å². The molecule has 0 radical (unpaired) electrons. The number of unbranched alkanes of at least 4 members (excludes halogenated alkanes) is 4. The standard InChI is InChI=1S/C20H34N6O3S/c1-2-3-11-16-22-17-15(10-6-4-5-7-12-26-13-8-9-14-26)24-25-18(17)19(23-16)20(21)30(27,28)29/h20H,2-14,21H2,1H3,(H,24,25)(H,27,28,29). The Morgan fingerprint density at radius 1 is 1.10 bits per heavy atom. The summed E-state index contributed by atoms with van der Waals surface area (Å²) in [5, 5.41) is 5.58. The monoisotopic (exact) mass is 438 g/mol. The predicted molar refractivity (Wildman–Crippen MR) is 117 cm³/mol. The fourth-order valence-electron chi connectivity index (χ4n) is 3.98. The zero-order chi connectivity index (χ0) is 21.6. The van der Waals surface area contributed by atoms with Crippen LogP contribution in [-0.4, -0.2) is 57.7 Å². The molecule has 3 rings (SSSR count). The van der Waals surface area contributed by atoms with Crippen molar-refractivity contribution in [1.82, 2.24) is 25.1 Å². The number of nitrogens with one attached hydrogen (secondary N) is 1. The van der Waals surface area contributed by atoms with Crippen molar-refractivity contribution in [3.05, 3.63) is 17.2 Å². The van der Waals surface area contributed by atoms with Gasteiger partial charge in [0.15, 0.2) is 5.37 Å². The molecule has 0 saturated carbocycles. The van der Waals surface area contributed by atoms with E-state index in [1.54, 1.807) is 0 Å². The molecule has 0 aliphatic carbocycles. The number of hydrogen-bond acceptors (Lipinski definition) is 7. The Morgan fingerprint density at radius 2 is 1.83 bits per heavy atom. The number of likely N-dealkylation sites (tertiary alicyclic amines) is 1. The number of aryl methyl sites for hydroxylation is 2. The van der Waals surface area contributed by atoms with Crippen LogP contribution in [-0.2, 0) is 23.0 Å². The summed E-state index contributed by atoms with van der Waals surface area (Å²) in [7, 11) is -4.47. The highest BCUT2D eigenvalue weighted by atomic mass is 32.2. The van der Waals surface area contributed by atoms with Gasteiger partial charge < -0.3 is 10.6 Å². The quantitative estimate of drug-likeness (QED) is 0.340. The third-order valence-corrected chi connectivity index (χ3v) is 6.61. The van der Waals surface area contributed by atoms with Crippen LogP contribution in [0.2, 0.25) is 0 Å². The summed E-state index contributed by atoms with van der Waals surface area (Å²) in [4.78, 5) is 11.5. The second kappa shape index (κ2) is 10.6. The van der Waals surface area contributed by atoms with Crippen LogP contribution in [0.3, 0.4) is 0 Å². The van der Waals surface area contributed by atoms with Crippen LogP contribution >= 0.6 is 0 Å². The first-order valence-electron chi connectivity index (χ1n) is 11.1. The minimum atomic E-state index is -4.47. The van der Waals surface area contributed by atoms with Crippen molar-refractivity contribution in [2.75, 3.05) is 19.6 Å². The highest BCUT2D eigenvalue weighted by molar-refractivity contribution is 7.86. The van der Waals surface area contributed by atoms with Crippen LogP contribution in [0, 0.1) is 0 Å². The van der Waals surface area contributed by atoms with Gasteiger partial charge in [-0.25, -0.2) is 9.97 Å². The van der Waals surface area contributed by atoms with Crippen LogP contribution in [0.15, 0.2) is 0 Å². The number of rotatable bonds is 12. The first-order valence-corrected chi connectivity index (χ1v) is 12.6. The number of nitrogens with two attached hydrogens (primary N) is 1. The molecule has 168 valence electrons. The van der Waals surface area contributed by atoms with Gasteiger partial charge in [0.1, 0.15) is 22.6 Å². The van der Waals surface area contributed by atoms with E-state index in [1.807, 2.05) is 0 Å². The summed E-state index contributed by atoms with van der Waals surface area (Å²) in [5.74, 6) is 0.534. The third kappa shape index (κ3) is 5.96. The molecule has 1 saturated heterocycles. The van der Waals surface area contributed by atoms with E-state index in [4.69, 9.17) is 5.73 Å². The minimum Gasteiger partial charge on any atom is -0.308 e. The molecule has 1 aliphatic rings. The molecular formula is C20H34N6O3S. The zero-order valence-electron chi connectivity index (χ0n) is 17.8. The first-order chi connectivity index (χ1) is 14.4. The molecule has 0 bridgehead atoms. The van der Waals surface area contributed by atoms with E-state index < -0.39 is 15.5 Å². The molecule has 1 fully saturated rings. The van der Waals surface area contributed by atoms with Gasteiger partial charge in [-0.2, -0.15) is 13.5 Å². The summed E-state index contributed by atoms with van der Waals surface area (Å²) in [6, 6.07) is 0. The van der Waals surface area contributed by atoms with Crippen molar-refractivity contribution >= 4 is 21.2 Å². The summed E-state index contributed by atoms with van der Waals surface area (Å²) in [5.41, 5.74) is 7.66. The average molecular weight is 439 g/mol. The smallest absolute Gasteiger partial charge is 0.286 e. The van der Waals surface area contributed by atoms with Crippen LogP contribution in [0.4, 0.5) is 0 Å². The molecule has 1 aliphatic heterocycles. The Balaban J connectivity index is 1.67. The number of aromatic amines is 1. The Hall–Kier alpha value is -1.62. The van der Waals surface area contributed by atoms with Gasteiger partial charge in [-0.05, 0) is 58.2 Å². The summed E-state index contributed by atoms with van der Waals surface area (Å²) in [6.45, 7) is 5.74. The number of aromatic nitrogens is 4. The molecule has 30 heavy (non-hydrogen) atoms. The van der Waals surface area contributed by atoms with Gasteiger partial charge in [0.05, 0.1) is 5.69 Å². The maximum Gasteiger partial charge on any atom is 0.286 e. The molecule has 0 aromatic carbocycles. The normalized spacial score (nSPS) is 16.5. The maximum absolute atomic E-state index is 11.6. The van der Waals surface area contributed by atoms with Crippen molar-refractivity contribution in [3.63, 3.8) is 0 Å². The lowest BCUT2D eigenvalue weighted by Gasteiger charge is -2.13. The van der Waals surface area contributed by atoms with Gasteiger partial charge in [-0.15, -0.1) is 0 Å². The lowest BCUT2D eigenvalue weighted by Crippen LogP contribution is -2.23. The molecule has 10 heteroatoms.